The summed E-state index contributed by atoms with van der Waals surface area (Å²) in [4.78, 5) is 10.4. The molecule has 3 rings (SSSR count). The van der Waals surface area contributed by atoms with E-state index in [0.717, 1.165) is 12.2 Å². The lowest BCUT2D eigenvalue weighted by atomic mass is 10.2. The zero-order valence-corrected chi connectivity index (χ0v) is 11.7. The highest BCUT2D eigenvalue weighted by Crippen LogP contribution is 2.27. The van der Waals surface area contributed by atoms with Gasteiger partial charge in [0.25, 0.3) is 5.69 Å². The smallest absolute Gasteiger partial charge is 0.273 e. The molecule has 1 heterocycles. The molecule has 0 aliphatic heterocycles. The standard InChI is InChI=1S/C14H16N4O3/c1-21-14-8-12(18(19)20)4-5-13(14)17-7-6-11(16-17)9-15-10-2-3-10/h4-8,10,15H,2-3,9H2,1H3. The van der Waals surface area contributed by atoms with Crippen LogP contribution in [0.4, 0.5) is 5.69 Å². The maximum atomic E-state index is 10.8. The van der Waals surface area contributed by atoms with Crippen molar-refractivity contribution >= 4 is 5.69 Å². The van der Waals surface area contributed by atoms with E-state index in [-0.39, 0.29) is 5.69 Å². The second-order valence-electron chi connectivity index (χ2n) is 5.02. The lowest BCUT2D eigenvalue weighted by Crippen LogP contribution is -2.15. The van der Waals surface area contributed by atoms with E-state index in [1.165, 1.54) is 32.1 Å². The molecule has 1 fully saturated rings. The van der Waals surface area contributed by atoms with E-state index in [0.29, 0.717) is 17.5 Å². The van der Waals surface area contributed by atoms with Gasteiger partial charge in [0.2, 0.25) is 0 Å². The summed E-state index contributed by atoms with van der Waals surface area (Å²) in [6.45, 7) is 0.729. The van der Waals surface area contributed by atoms with Crippen molar-refractivity contribution in [3.05, 3.63) is 46.3 Å². The number of rotatable bonds is 6. The van der Waals surface area contributed by atoms with Crippen LogP contribution in [-0.4, -0.2) is 27.9 Å². The number of ether oxygens (including phenoxy) is 1. The lowest BCUT2D eigenvalue weighted by Gasteiger charge is -2.08. The molecule has 110 valence electrons. The van der Waals surface area contributed by atoms with Crippen molar-refractivity contribution in [2.75, 3.05) is 7.11 Å². The minimum absolute atomic E-state index is 0.00150. The van der Waals surface area contributed by atoms with E-state index in [4.69, 9.17) is 4.74 Å². The van der Waals surface area contributed by atoms with Crippen LogP contribution in [0.3, 0.4) is 0 Å². The van der Waals surface area contributed by atoms with Crippen LogP contribution in [0.25, 0.3) is 5.69 Å². The number of hydrogen-bond acceptors (Lipinski definition) is 5. The Bertz CT molecular complexity index is 664. The zero-order chi connectivity index (χ0) is 14.8. The van der Waals surface area contributed by atoms with Crippen molar-refractivity contribution in [2.45, 2.75) is 25.4 Å². The highest BCUT2D eigenvalue weighted by molar-refractivity contribution is 5.52. The number of non-ortho nitro benzene ring substituents is 1. The topological polar surface area (TPSA) is 82.2 Å². The first-order valence-corrected chi connectivity index (χ1v) is 6.78. The van der Waals surface area contributed by atoms with Crippen LogP contribution in [-0.2, 0) is 6.54 Å². The minimum atomic E-state index is -0.444. The number of nitrogens with zero attached hydrogens (tertiary/aromatic N) is 3. The monoisotopic (exact) mass is 288 g/mol. The Labute approximate surface area is 121 Å². The summed E-state index contributed by atoms with van der Waals surface area (Å²) < 4.78 is 6.90. The van der Waals surface area contributed by atoms with Crippen molar-refractivity contribution in [1.82, 2.24) is 15.1 Å². The number of methoxy groups -OCH3 is 1. The van der Waals surface area contributed by atoms with Crippen molar-refractivity contribution in [3.63, 3.8) is 0 Å². The van der Waals surface area contributed by atoms with Gasteiger partial charge in [-0.3, -0.25) is 10.1 Å². The van der Waals surface area contributed by atoms with Crippen LogP contribution in [0.5, 0.6) is 5.75 Å². The summed E-state index contributed by atoms with van der Waals surface area (Å²) in [5, 5.41) is 18.7. The molecule has 21 heavy (non-hydrogen) atoms. The average Bonchev–Trinajstić information content (AvgIpc) is 3.21. The Kier molecular flexibility index (Phi) is 3.57. The average molecular weight is 288 g/mol. The Hall–Kier alpha value is -2.41. The Morgan fingerprint density at radius 3 is 2.95 bits per heavy atom. The largest absolute Gasteiger partial charge is 0.494 e. The van der Waals surface area contributed by atoms with Crippen LogP contribution in [0, 0.1) is 10.1 Å². The van der Waals surface area contributed by atoms with E-state index in [1.807, 2.05) is 12.3 Å². The van der Waals surface area contributed by atoms with Crippen LogP contribution in [0.2, 0.25) is 0 Å². The van der Waals surface area contributed by atoms with E-state index in [9.17, 15) is 10.1 Å². The molecule has 7 heteroatoms. The fraction of sp³-hybridized carbons (Fsp3) is 0.357. The number of nitro groups is 1. The second kappa shape index (κ2) is 5.53. The molecule has 1 saturated carbocycles. The first-order chi connectivity index (χ1) is 10.2. The van der Waals surface area contributed by atoms with Crippen LogP contribution < -0.4 is 10.1 Å². The van der Waals surface area contributed by atoms with Crippen LogP contribution in [0.1, 0.15) is 18.5 Å². The van der Waals surface area contributed by atoms with Gasteiger partial charge in [0, 0.05) is 24.8 Å². The fourth-order valence-corrected chi connectivity index (χ4v) is 2.10. The third kappa shape index (κ3) is 3.03. The molecule has 1 N–H and O–H groups in total. The molecule has 1 aliphatic carbocycles. The Morgan fingerprint density at radius 2 is 2.29 bits per heavy atom. The second-order valence-corrected chi connectivity index (χ2v) is 5.02. The normalized spacial score (nSPS) is 14.1. The summed E-state index contributed by atoms with van der Waals surface area (Å²) in [6.07, 6.45) is 4.29. The summed E-state index contributed by atoms with van der Waals surface area (Å²) in [5.41, 5.74) is 1.61. The summed E-state index contributed by atoms with van der Waals surface area (Å²) in [7, 11) is 1.49. The SMILES string of the molecule is COc1cc([N+](=O)[O-])ccc1-n1ccc(CNC2CC2)n1. The number of aromatic nitrogens is 2. The predicted molar refractivity (Wildman–Crippen MR) is 76.6 cm³/mol. The van der Waals surface area contributed by atoms with Gasteiger partial charge in [-0.05, 0) is 25.0 Å². The van der Waals surface area contributed by atoms with Gasteiger partial charge in [0.05, 0.1) is 23.8 Å². The van der Waals surface area contributed by atoms with Gasteiger partial charge in [0.15, 0.2) is 5.75 Å². The van der Waals surface area contributed by atoms with Crippen molar-refractivity contribution in [3.8, 4) is 11.4 Å². The molecule has 1 aromatic carbocycles. The molecule has 0 bridgehead atoms. The Balaban J connectivity index is 1.83. The third-order valence-electron chi connectivity index (χ3n) is 3.41. The fourth-order valence-electron chi connectivity index (χ4n) is 2.10. The molecule has 0 amide bonds. The molecule has 0 spiro atoms. The highest BCUT2D eigenvalue weighted by atomic mass is 16.6. The predicted octanol–water partition coefficient (Wildman–Crippen LogP) is 2.04. The maximum Gasteiger partial charge on any atom is 0.273 e. The first kappa shape index (κ1) is 13.6. The molecule has 0 radical (unpaired) electrons. The summed E-state index contributed by atoms with van der Waals surface area (Å²) in [5.74, 6) is 0.425. The number of nitro benzene ring substituents is 1. The molecular formula is C14H16N4O3. The minimum Gasteiger partial charge on any atom is -0.494 e. The van der Waals surface area contributed by atoms with E-state index in [1.54, 1.807) is 10.7 Å². The van der Waals surface area contributed by atoms with E-state index in [2.05, 4.69) is 10.4 Å². The molecule has 1 aliphatic rings. The van der Waals surface area contributed by atoms with Gasteiger partial charge >= 0.3 is 0 Å². The first-order valence-electron chi connectivity index (χ1n) is 6.78. The molecule has 1 aromatic heterocycles. The van der Waals surface area contributed by atoms with Crippen molar-refractivity contribution < 1.29 is 9.66 Å². The van der Waals surface area contributed by atoms with Gasteiger partial charge in [-0.25, -0.2) is 4.68 Å². The van der Waals surface area contributed by atoms with Crippen LogP contribution in [0.15, 0.2) is 30.5 Å². The highest BCUT2D eigenvalue weighted by Gasteiger charge is 2.20. The summed E-state index contributed by atoms with van der Waals surface area (Å²) >= 11 is 0. The lowest BCUT2D eigenvalue weighted by molar-refractivity contribution is -0.384. The molecular weight excluding hydrogens is 272 g/mol. The molecule has 0 unspecified atom stereocenters. The molecule has 0 atom stereocenters. The van der Waals surface area contributed by atoms with Gasteiger partial charge in [-0.15, -0.1) is 0 Å². The third-order valence-corrected chi connectivity index (χ3v) is 3.41. The number of nitrogens with one attached hydrogen (secondary N) is 1. The Morgan fingerprint density at radius 1 is 1.48 bits per heavy atom. The maximum absolute atomic E-state index is 10.8. The number of benzene rings is 1. The zero-order valence-electron chi connectivity index (χ0n) is 11.7. The quantitative estimate of drug-likeness (QED) is 0.649. The van der Waals surface area contributed by atoms with E-state index >= 15 is 0 Å². The van der Waals surface area contributed by atoms with Gasteiger partial charge in [-0.1, -0.05) is 0 Å². The van der Waals surface area contributed by atoms with Crippen molar-refractivity contribution in [2.24, 2.45) is 0 Å². The summed E-state index contributed by atoms with van der Waals surface area (Å²) in [6, 6.07) is 7.04. The van der Waals surface area contributed by atoms with E-state index < -0.39 is 4.92 Å². The number of hydrogen-bond donors (Lipinski definition) is 1. The van der Waals surface area contributed by atoms with Gasteiger partial charge in [0.1, 0.15) is 5.69 Å². The van der Waals surface area contributed by atoms with Gasteiger partial charge < -0.3 is 10.1 Å². The molecule has 0 saturated heterocycles. The van der Waals surface area contributed by atoms with Crippen molar-refractivity contribution in [1.29, 1.82) is 0 Å². The van der Waals surface area contributed by atoms with Crippen LogP contribution >= 0.6 is 0 Å². The molecule has 2 aromatic rings. The van der Waals surface area contributed by atoms with Gasteiger partial charge in [-0.2, -0.15) is 5.10 Å². The molecule has 7 nitrogen and oxygen atoms in total.